The molecule has 0 aliphatic heterocycles. The van der Waals surface area contributed by atoms with Crippen LogP contribution in [0.25, 0.3) is 0 Å². The Kier molecular flexibility index (Phi) is 2.96. The van der Waals surface area contributed by atoms with Crippen LogP contribution in [0.1, 0.15) is 25.3 Å². The van der Waals surface area contributed by atoms with E-state index in [0.29, 0.717) is 0 Å². The maximum atomic E-state index is 13.7. The normalized spacial score (nSPS) is 17.4. The van der Waals surface area contributed by atoms with Gasteiger partial charge in [-0.2, -0.15) is 0 Å². The number of hydrogen-bond donors (Lipinski definition) is 0. The number of esters is 1. The molecule has 3 nitrogen and oxygen atoms in total. The first-order valence-electron chi connectivity index (χ1n) is 5.54. The predicted octanol–water partition coefficient (Wildman–Crippen LogP) is 1.99. The molecule has 1 aromatic rings. The monoisotopic (exact) mass is 236 g/mol. The highest BCUT2D eigenvalue weighted by atomic mass is 19.1. The summed E-state index contributed by atoms with van der Waals surface area (Å²) in [6, 6.07) is 6.04. The summed E-state index contributed by atoms with van der Waals surface area (Å²) in [7, 11) is 0. The Labute approximate surface area is 98.6 Å². The van der Waals surface area contributed by atoms with Crippen LogP contribution in [0.4, 0.5) is 4.39 Å². The highest BCUT2D eigenvalue weighted by Gasteiger charge is 2.53. The molecule has 0 atom stereocenters. The van der Waals surface area contributed by atoms with Gasteiger partial charge in [0.05, 0.1) is 6.61 Å². The van der Waals surface area contributed by atoms with Crippen molar-refractivity contribution in [1.82, 2.24) is 0 Å². The molecule has 1 fully saturated rings. The molecule has 2 rings (SSSR count). The third-order valence-corrected chi connectivity index (χ3v) is 3.05. The molecule has 4 heteroatoms. The molecular weight excluding hydrogens is 223 g/mol. The molecule has 1 aromatic carbocycles. The van der Waals surface area contributed by atoms with Crippen LogP contribution in [0, 0.1) is 5.82 Å². The van der Waals surface area contributed by atoms with Crippen LogP contribution in [0.5, 0.6) is 0 Å². The maximum Gasteiger partial charge on any atom is 0.317 e. The SMILES string of the molecule is CCOC(=O)C1(c2ccccc2F)CC(=O)C1. The quantitative estimate of drug-likeness (QED) is 0.754. The molecule has 0 amide bonds. The van der Waals surface area contributed by atoms with E-state index in [0.717, 1.165) is 0 Å². The lowest BCUT2D eigenvalue weighted by Crippen LogP contribution is -2.49. The summed E-state index contributed by atoms with van der Waals surface area (Å²) in [5.41, 5.74) is -0.837. The van der Waals surface area contributed by atoms with Gasteiger partial charge < -0.3 is 4.74 Å². The number of benzene rings is 1. The average Bonchev–Trinajstić information content (AvgIpc) is 2.26. The third kappa shape index (κ3) is 1.84. The number of ether oxygens (including phenoxy) is 1. The van der Waals surface area contributed by atoms with Crippen molar-refractivity contribution in [3.63, 3.8) is 0 Å². The molecule has 0 saturated heterocycles. The zero-order valence-corrected chi connectivity index (χ0v) is 9.53. The van der Waals surface area contributed by atoms with E-state index in [1.165, 1.54) is 6.07 Å². The number of carbonyl (C=O) groups excluding carboxylic acids is 2. The van der Waals surface area contributed by atoms with Gasteiger partial charge in [0.25, 0.3) is 0 Å². The summed E-state index contributed by atoms with van der Waals surface area (Å²) in [6.45, 7) is 1.91. The van der Waals surface area contributed by atoms with Crippen LogP contribution >= 0.6 is 0 Å². The summed E-state index contributed by atoms with van der Waals surface area (Å²) in [6.07, 6.45) is 0.0690. The second-order valence-corrected chi connectivity index (χ2v) is 4.17. The molecule has 0 radical (unpaired) electrons. The predicted molar refractivity (Wildman–Crippen MR) is 59.0 cm³/mol. The van der Waals surface area contributed by atoms with Crippen molar-refractivity contribution < 1.29 is 18.7 Å². The second-order valence-electron chi connectivity index (χ2n) is 4.17. The van der Waals surface area contributed by atoms with Crippen LogP contribution in [0.15, 0.2) is 24.3 Å². The summed E-state index contributed by atoms with van der Waals surface area (Å²) < 4.78 is 18.7. The first-order valence-corrected chi connectivity index (χ1v) is 5.54. The molecular formula is C13H13FO3. The average molecular weight is 236 g/mol. The lowest BCUT2D eigenvalue weighted by atomic mass is 9.63. The Morgan fingerprint density at radius 2 is 2.06 bits per heavy atom. The van der Waals surface area contributed by atoms with E-state index in [4.69, 9.17) is 4.74 Å². The number of ketones is 1. The molecule has 0 aromatic heterocycles. The fourth-order valence-electron chi connectivity index (χ4n) is 2.18. The Hall–Kier alpha value is -1.71. The third-order valence-electron chi connectivity index (χ3n) is 3.05. The highest BCUT2D eigenvalue weighted by molar-refractivity contribution is 6.02. The van der Waals surface area contributed by atoms with Gasteiger partial charge in [-0.15, -0.1) is 0 Å². The lowest BCUT2D eigenvalue weighted by Gasteiger charge is -2.38. The van der Waals surface area contributed by atoms with E-state index in [2.05, 4.69) is 0 Å². The molecule has 17 heavy (non-hydrogen) atoms. The topological polar surface area (TPSA) is 43.4 Å². The van der Waals surface area contributed by atoms with Crippen LogP contribution < -0.4 is 0 Å². The molecule has 0 heterocycles. The largest absolute Gasteiger partial charge is 0.465 e. The van der Waals surface area contributed by atoms with E-state index >= 15 is 0 Å². The zero-order valence-electron chi connectivity index (χ0n) is 9.53. The molecule has 0 unspecified atom stereocenters. The molecule has 1 saturated carbocycles. The van der Waals surface area contributed by atoms with E-state index in [-0.39, 0.29) is 30.8 Å². The van der Waals surface area contributed by atoms with Gasteiger partial charge in [0.1, 0.15) is 17.0 Å². The molecule has 1 aliphatic rings. The fourth-order valence-corrected chi connectivity index (χ4v) is 2.18. The highest BCUT2D eigenvalue weighted by Crippen LogP contribution is 2.43. The minimum atomic E-state index is -1.10. The maximum absolute atomic E-state index is 13.7. The molecule has 0 bridgehead atoms. The summed E-state index contributed by atoms with van der Waals surface area (Å²) >= 11 is 0. The number of rotatable bonds is 3. The lowest BCUT2D eigenvalue weighted by molar-refractivity contribution is -0.158. The van der Waals surface area contributed by atoms with Crippen LogP contribution in [0.3, 0.4) is 0 Å². The van der Waals surface area contributed by atoms with Crippen molar-refractivity contribution in [2.24, 2.45) is 0 Å². The molecule has 0 N–H and O–H groups in total. The van der Waals surface area contributed by atoms with E-state index in [1.807, 2.05) is 0 Å². The Morgan fingerprint density at radius 1 is 1.41 bits per heavy atom. The van der Waals surface area contributed by atoms with Crippen LogP contribution in [0.2, 0.25) is 0 Å². The van der Waals surface area contributed by atoms with Crippen LogP contribution in [-0.2, 0) is 19.7 Å². The number of Topliss-reactive ketones (excluding diaryl/α,β-unsaturated/α-hetero) is 1. The van der Waals surface area contributed by atoms with Gasteiger partial charge in [0.15, 0.2) is 0 Å². The summed E-state index contributed by atoms with van der Waals surface area (Å²) in [4.78, 5) is 23.1. The number of hydrogen-bond acceptors (Lipinski definition) is 3. The standard InChI is InChI=1S/C13H13FO3/c1-2-17-12(16)13(7-9(15)8-13)10-5-3-4-6-11(10)14/h3-6H,2,7-8H2,1H3. The van der Waals surface area contributed by atoms with Gasteiger partial charge in [-0.25, -0.2) is 4.39 Å². The first kappa shape index (κ1) is 11.8. The smallest absolute Gasteiger partial charge is 0.317 e. The van der Waals surface area contributed by atoms with Crippen molar-refractivity contribution >= 4 is 11.8 Å². The number of carbonyl (C=O) groups is 2. The molecule has 90 valence electrons. The minimum Gasteiger partial charge on any atom is -0.465 e. The molecule has 0 spiro atoms. The van der Waals surface area contributed by atoms with Gasteiger partial charge in [-0.3, -0.25) is 9.59 Å². The first-order chi connectivity index (χ1) is 8.10. The van der Waals surface area contributed by atoms with Gasteiger partial charge >= 0.3 is 5.97 Å². The minimum absolute atomic E-state index is 0.0345. The summed E-state index contributed by atoms with van der Waals surface area (Å²) in [5, 5.41) is 0. The van der Waals surface area contributed by atoms with Crippen molar-refractivity contribution in [2.75, 3.05) is 6.61 Å². The van der Waals surface area contributed by atoms with Gasteiger partial charge in [0, 0.05) is 18.4 Å². The second kappa shape index (κ2) is 4.28. The Balaban J connectivity index is 2.39. The van der Waals surface area contributed by atoms with Crippen molar-refractivity contribution in [3.8, 4) is 0 Å². The van der Waals surface area contributed by atoms with Crippen molar-refractivity contribution in [2.45, 2.75) is 25.2 Å². The van der Waals surface area contributed by atoms with E-state index in [9.17, 15) is 14.0 Å². The Bertz CT molecular complexity index is 459. The van der Waals surface area contributed by atoms with Crippen molar-refractivity contribution in [3.05, 3.63) is 35.6 Å². The Morgan fingerprint density at radius 3 is 2.59 bits per heavy atom. The van der Waals surface area contributed by atoms with Crippen molar-refractivity contribution in [1.29, 1.82) is 0 Å². The van der Waals surface area contributed by atoms with Gasteiger partial charge in [-0.1, -0.05) is 18.2 Å². The van der Waals surface area contributed by atoms with Gasteiger partial charge in [0.2, 0.25) is 0 Å². The summed E-state index contributed by atoms with van der Waals surface area (Å²) in [5.74, 6) is -1.01. The van der Waals surface area contributed by atoms with E-state index in [1.54, 1.807) is 25.1 Å². The van der Waals surface area contributed by atoms with Crippen LogP contribution in [-0.4, -0.2) is 18.4 Å². The zero-order chi connectivity index (χ0) is 12.5. The van der Waals surface area contributed by atoms with Gasteiger partial charge in [-0.05, 0) is 13.0 Å². The molecule has 1 aliphatic carbocycles. The fraction of sp³-hybridized carbons (Fsp3) is 0.385. The number of halogens is 1. The van der Waals surface area contributed by atoms with E-state index < -0.39 is 17.2 Å².